The summed E-state index contributed by atoms with van der Waals surface area (Å²) in [6.45, 7) is 4.09. The first-order valence-corrected chi connectivity index (χ1v) is 12.4. The van der Waals surface area contributed by atoms with Gasteiger partial charge in [-0.05, 0) is 61.9 Å². The Hall–Kier alpha value is -2.88. The molecule has 1 heterocycles. The van der Waals surface area contributed by atoms with Crippen LogP contribution < -0.4 is 14.2 Å². The van der Waals surface area contributed by atoms with Crippen molar-refractivity contribution in [3.8, 4) is 11.5 Å². The highest BCUT2D eigenvalue weighted by atomic mass is 35.5. The van der Waals surface area contributed by atoms with E-state index in [1.54, 1.807) is 24.3 Å². The zero-order valence-electron chi connectivity index (χ0n) is 18.7. The van der Waals surface area contributed by atoms with Gasteiger partial charge in [-0.25, -0.2) is 4.79 Å². The van der Waals surface area contributed by atoms with Crippen LogP contribution in [0.2, 0.25) is 10.0 Å². The SMILES string of the molecule is COc1ccc(CN(Cc2ccco2)C(=O)NC(C)C)cc1OS(=O)(=O)c1ccc(Cl)c(Cl)c1. The van der Waals surface area contributed by atoms with Gasteiger partial charge in [0.1, 0.15) is 10.7 Å². The summed E-state index contributed by atoms with van der Waals surface area (Å²) >= 11 is 11.8. The lowest BCUT2D eigenvalue weighted by molar-refractivity contribution is 0.184. The molecule has 0 saturated heterocycles. The number of carbonyl (C=O) groups is 1. The minimum Gasteiger partial charge on any atom is -0.493 e. The predicted octanol–water partition coefficient (Wildman–Crippen LogP) is 5.48. The summed E-state index contributed by atoms with van der Waals surface area (Å²) in [6, 6.07) is 11.8. The van der Waals surface area contributed by atoms with Gasteiger partial charge in [0.05, 0.1) is 30.0 Å². The quantitative estimate of drug-likeness (QED) is 0.370. The molecular formula is C23H24Cl2N2O6S. The molecule has 0 fully saturated rings. The third-order valence-corrected chi connectivity index (χ3v) is 6.58. The van der Waals surface area contributed by atoms with Crippen molar-refractivity contribution in [1.82, 2.24) is 10.2 Å². The number of carbonyl (C=O) groups excluding carboxylic acids is 1. The van der Waals surface area contributed by atoms with Crippen LogP contribution in [0.1, 0.15) is 25.2 Å². The van der Waals surface area contributed by atoms with E-state index in [1.165, 1.54) is 42.5 Å². The molecule has 0 aliphatic rings. The van der Waals surface area contributed by atoms with Crippen LogP contribution in [0.4, 0.5) is 4.79 Å². The summed E-state index contributed by atoms with van der Waals surface area (Å²) in [5, 5.41) is 3.15. The van der Waals surface area contributed by atoms with Crippen molar-refractivity contribution in [1.29, 1.82) is 0 Å². The van der Waals surface area contributed by atoms with E-state index >= 15 is 0 Å². The largest absolute Gasteiger partial charge is 0.493 e. The van der Waals surface area contributed by atoms with Crippen LogP contribution >= 0.6 is 23.2 Å². The fourth-order valence-corrected chi connectivity index (χ4v) is 4.35. The van der Waals surface area contributed by atoms with Crippen LogP contribution in [0.3, 0.4) is 0 Å². The molecule has 11 heteroatoms. The lowest BCUT2D eigenvalue weighted by Gasteiger charge is -2.24. The van der Waals surface area contributed by atoms with Gasteiger partial charge in [-0.1, -0.05) is 29.3 Å². The standard InChI is InChI=1S/C23H24Cl2N2O6S/c1-15(2)26-23(28)27(14-17-5-4-10-32-17)13-16-6-9-21(31-3)22(11-16)33-34(29,30)18-7-8-19(24)20(25)12-18/h4-12,15H,13-14H2,1-3H3,(H,26,28). The molecule has 0 unspecified atom stereocenters. The summed E-state index contributed by atoms with van der Waals surface area (Å²) in [6.07, 6.45) is 1.53. The van der Waals surface area contributed by atoms with E-state index < -0.39 is 10.1 Å². The number of hydrogen-bond acceptors (Lipinski definition) is 6. The molecule has 34 heavy (non-hydrogen) atoms. The number of rotatable bonds is 9. The topological polar surface area (TPSA) is 98.1 Å². The highest BCUT2D eigenvalue weighted by Crippen LogP contribution is 2.33. The van der Waals surface area contributed by atoms with Crippen LogP contribution in [0, 0.1) is 0 Å². The smallest absolute Gasteiger partial charge is 0.339 e. The molecule has 8 nitrogen and oxygen atoms in total. The number of amides is 2. The number of urea groups is 1. The lowest BCUT2D eigenvalue weighted by atomic mass is 10.2. The number of furan rings is 1. The van der Waals surface area contributed by atoms with E-state index in [2.05, 4.69) is 5.32 Å². The molecule has 1 N–H and O–H groups in total. The Labute approximate surface area is 208 Å². The monoisotopic (exact) mass is 526 g/mol. The Bertz CT molecular complexity index is 1250. The molecule has 0 aliphatic heterocycles. The van der Waals surface area contributed by atoms with Gasteiger partial charge in [0.25, 0.3) is 0 Å². The van der Waals surface area contributed by atoms with Gasteiger partial charge in [-0.15, -0.1) is 0 Å². The van der Waals surface area contributed by atoms with Crippen LogP contribution in [0.15, 0.2) is 64.1 Å². The Morgan fingerprint density at radius 2 is 1.82 bits per heavy atom. The average molecular weight is 527 g/mol. The average Bonchev–Trinajstić information content (AvgIpc) is 3.28. The van der Waals surface area contributed by atoms with E-state index in [9.17, 15) is 13.2 Å². The van der Waals surface area contributed by atoms with Crippen molar-refractivity contribution in [2.45, 2.75) is 37.9 Å². The van der Waals surface area contributed by atoms with Gasteiger partial charge >= 0.3 is 16.1 Å². The number of benzene rings is 2. The minimum absolute atomic E-state index is 0.0340. The molecule has 0 saturated carbocycles. The van der Waals surface area contributed by atoms with Gasteiger partial charge in [0.2, 0.25) is 0 Å². The molecule has 0 spiro atoms. The second-order valence-electron chi connectivity index (χ2n) is 7.64. The third-order valence-electron chi connectivity index (χ3n) is 4.61. The zero-order chi connectivity index (χ0) is 24.9. The van der Waals surface area contributed by atoms with Gasteiger partial charge in [-0.2, -0.15) is 8.42 Å². The van der Waals surface area contributed by atoms with Crippen molar-refractivity contribution < 1.29 is 26.5 Å². The van der Waals surface area contributed by atoms with Crippen molar-refractivity contribution in [3.05, 3.63) is 76.2 Å². The first kappa shape index (κ1) is 25.7. The van der Waals surface area contributed by atoms with Crippen LogP contribution in [0.25, 0.3) is 0 Å². The zero-order valence-corrected chi connectivity index (χ0v) is 21.1. The number of nitrogens with one attached hydrogen (secondary N) is 1. The number of methoxy groups -OCH3 is 1. The maximum atomic E-state index is 12.8. The van der Waals surface area contributed by atoms with E-state index in [0.29, 0.717) is 11.3 Å². The van der Waals surface area contributed by atoms with Crippen LogP contribution in [0.5, 0.6) is 11.5 Å². The molecule has 0 bridgehead atoms. The Balaban J connectivity index is 1.89. The summed E-state index contributed by atoms with van der Waals surface area (Å²) in [7, 11) is -2.84. The second-order valence-corrected chi connectivity index (χ2v) is 10.00. The minimum atomic E-state index is -4.23. The van der Waals surface area contributed by atoms with E-state index in [4.69, 9.17) is 36.5 Å². The molecule has 182 valence electrons. The molecule has 3 rings (SSSR count). The van der Waals surface area contributed by atoms with E-state index in [0.717, 1.165) is 0 Å². The summed E-state index contributed by atoms with van der Waals surface area (Å²) in [4.78, 5) is 14.1. The maximum absolute atomic E-state index is 12.8. The van der Waals surface area contributed by atoms with Gasteiger partial charge in [-0.3, -0.25) is 0 Å². The molecule has 3 aromatic rings. The van der Waals surface area contributed by atoms with Crippen molar-refractivity contribution in [2.75, 3.05) is 7.11 Å². The Morgan fingerprint density at radius 3 is 2.44 bits per heavy atom. The molecule has 0 radical (unpaired) electrons. The summed E-state index contributed by atoms with van der Waals surface area (Å²) in [5.74, 6) is 0.774. The molecular weight excluding hydrogens is 503 g/mol. The van der Waals surface area contributed by atoms with Gasteiger partial charge in [0, 0.05) is 12.6 Å². The Morgan fingerprint density at radius 1 is 1.06 bits per heavy atom. The van der Waals surface area contributed by atoms with Gasteiger partial charge in [0.15, 0.2) is 11.5 Å². The fourth-order valence-electron chi connectivity index (χ4n) is 3.03. The fraction of sp³-hybridized carbons (Fsp3) is 0.261. The van der Waals surface area contributed by atoms with Gasteiger partial charge < -0.3 is 23.6 Å². The number of nitrogens with zero attached hydrogens (tertiary/aromatic N) is 1. The molecule has 2 amide bonds. The van der Waals surface area contributed by atoms with E-state index in [-0.39, 0.29) is 51.6 Å². The van der Waals surface area contributed by atoms with Crippen molar-refractivity contribution in [2.24, 2.45) is 0 Å². The number of hydrogen-bond donors (Lipinski definition) is 1. The first-order valence-electron chi connectivity index (χ1n) is 10.2. The second kappa shape index (κ2) is 11.0. The van der Waals surface area contributed by atoms with Crippen molar-refractivity contribution in [3.63, 3.8) is 0 Å². The molecule has 0 atom stereocenters. The summed E-state index contributed by atoms with van der Waals surface area (Å²) in [5.41, 5.74) is 0.616. The summed E-state index contributed by atoms with van der Waals surface area (Å²) < 4.78 is 41.7. The van der Waals surface area contributed by atoms with Crippen LogP contribution in [-0.4, -0.2) is 32.5 Å². The van der Waals surface area contributed by atoms with Crippen molar-refractivity contribution >= 4 is 39.4 Å². The normalized spacial score (nSPS) is 11.4. The third kappa shape index (κ3) is 6.59. The predicted molar refractivity (Wildman–Crippen MR) is 129 cm³/mol. The van der Waals surface area contributed by atoms with E-state index in [1.807, 2.05) is 13.8 Å². The number of halogens is 2. The maximum Gasteiger partial charge on any atom is 0.339 e. The molecule has 1 aromatic heterocycles. The highest BCUT2D eigenvalue weighted by Gasteiger charge is 2.22. The number of ether oxygens (including phenoxy) is 1. The lowest BCUT2D eigenvalue weighted by Crippen LogP contribution is -2.42. The molecule has 2 aromatic carbocycles. The van der Waals surface area contributed by atoms with Crippen LogP contribution in [-0.2, 0) is 23.2 Å². The molecule has 0 aliphatic carbocycles. The first-order chi connectivity index (χ1) is 16.1. The Kier molecular flexibility index (Phi) is 8.35. The highest BCUT2D eigenvalue weighted by molar-refractivity contribution is 7.87.